The second-order valence-electron chi connectivity index (χ2n) is 6.28. The number of ether oxygens (including phenoxy) is 4. The fraction of sp³-hybridized carbons (Fsp3) is 0.722. The zero-order valence-electron chi connectivity index (χ0n) is 16.3. The maximum absolute atomic E-state index is 8.67. The van der Waals surface area contributed by atoms with E-state index in [1.54, 1.807) is 0 Å². The number of nitriles is 2. The second kappa shape index (κ2) is 16.8. The van der Waals surface area contributed by atoms with Gasteiger partial charge in [-0.2, -0.15) is 10.5 Å². The standard InChI is InChI=1S/C18H31N5O5/c1-16(21)4-10-27-14-18(12-25-8-2-6-19,13-26-9-3-7-20)15-28-11-5-17(22)23-24/h24H,1-5,8-15,21H2,(H2,22,23). The van der Waals surface area contributed by atoms with Gasteiger partial charge < -0.3 is 35.6 Å². The molecule has 0 saturated carbocycles. The molecule has 0 aromatic carbocycles. The molecule has 0 rings (SSSR count). The summed E-state index contributed by atoms with van der Waals surface area (Å²) in [7, 11) is 0. The van der Waals surface area contributed by atoms with Crippen molar-refractivity contribution in [2.24, 2.45) is 22.0 Å². The van der Waals surface area contributed by atoms with Gasteiger partial charge in [0, 0.05) is 18.5 Å². The van der Waals surface area contributed by atoms with Gasteiger partial charge in [-0.25, -0.2) is 0 Å². The third-order valence-corrected chi connectivity index (χ3v) is 3.55. The summed E-state index contributed by atoms with van der Waals surface area (Å²) in [5.74, 6) is 0.0684. The van der Waals surface area contributed by atoms with Crippen molar-refractivity contribution in [1.29, 1.82) is 10.5 Å². The Labute approximate surface area is 166 Å². The highest BCUT2D eigenvalue weighted by atomic mass is 16.5. The Kier molecular flexibility index (Phi) is 15.4. The Bertz CT molecular complexity index is 519. The Morgan fingerprint density at radius 2 is 1.29 bits per heavy atom. The normalized spacial score (nSPS) is 11.7. The smallest absolute Gasteiger partial charge is 0.141 e. The molecule has 0 aliphatic rings. The largest absolute Gasteiger partial charge is 0.409 e. The van der Waals surface area contributed by atoms with Crippen LogP contribution in [0.15, 0.2) is 17.4 Å². The molecule has 0 radical (unpaired) electrons. The summed E-state index contributed by atoms with van der Waals surface area (Å²) in [6.07, 6.45) is 1.32. The van der Waals surface area contributed by atoms with Gasteiger partial charge in [-0.05, 0) is 0 Å². The third kappa shape index (κ3) is 13.8. The highest BCUT2D eigenvalue weighted by molar-refractivity contribution is 5.79. The van der Waals surface area contributed by atoms with Crippen LogP contribution >= 0.6 is 0 Å². The van der Waals surface area contributed by atoms with Crippen molar-refractivity contribution in [2.75, 3.05) is 52.9 Å². The van der Waals surface area contributed by atoms with Crippen LogP contribution in [0.2, 0.25) is 0 Å². The van der Waals surface area contributed by atoms with Crippen molar-refractivity contribution in [3.8, 4) is 12.1 Å². The highest BCUT2D eigenvalue weighted by Gasteiger charge is 2.32. The summed E-state index contributed by atoms with van der Waals surface area (Å²) >= 11 is 0. The predicted octanol–water partition coefficient (Wildman–Crippen LogP) is 0.866. The van der Waals surface area contributed by atoms with E-state index in [0.29, 0.717) is 18.7 Å². The molecule has 0 aromatic rings. The molecule has 0 aliphatic carbocycles. The van der Waals surface area contributed by atoms with E-state index in [-0.39, 0.29) is 71.3 Å². The number of rotatable bonds is 18. The van der Waals surface area contributed by atoms with Crippen molar-refractivity contribution in [1.82, 2.24) is 0 Å². The van der Waals surface area contributed by atoms with Crippen molar-refractivity contribution >= 4 is 5.84 Å². The van der Waals surface area contributed by atoms with E-state index in [9.17, 15) is 0 Å². The van der Waals surface area contributed by atoms with Gasteiger partial charge in [0.25, 0.3) is 0 Å². The first kappa shape index (κ1) is 25.6. The van der Waals surface area contributed by atoms with Gasteiger partial charge in [0.1, 0.15) is 5.84 Å². The molecule has 10 nitrogen and oxygen atoms in total. The van der Waals surface area contributed by atoms with E-state index in [4.69, 9.17) is 46.1 Å². The van der Waals surface area contributed by atoms with Crippen LogP contribution in [0.1, 0.15) is 25.7 Å². The molecule has 0 bridgehead atoms. The van der Waals surface area contributed by atoms with Crippen LogP contribution in [-0.2, 0) is 18.9 Å². The topological polar surface area (TPSA) is 169 Å². The molecule has 0 aliphatic heterocycles. The summed E-state index contributed by atoms with van der Waals surface area (Å²) in [5.41, 5.74) is 10.9. The van der Waals surface area contributed by atoms with Crippen LogP contribution < -0.4 is 11.5 Å². The predicted molar refractivity (Wildman–Crippen MR) is 102 cm³/mol. The van der Waals surface area contributed by atoms with Crippen molar-refractivity contribution < 1.29 is 24.2 Å². The molecular formula is C18H31N5O5. The SMILES string of the molecule is C=C(N)CCOCC(COCCC#N)(COCCC#N)COCC/C(N)=N/O. The number of hydrogen-bond donors (Lipinski definition) is 3. The first-order valence-corrected chi connectivity index (χ1v) is 8.94. The number of oxime groups is 1. The molecule has 0 saturated heterocycles. The summed E-state index contributed by atoms with van der Waals surface area (Å²) in [4.78, 5) is 0. The quantitative estimate of drug-likeness (QED) is 0.0998. The van der Waals surface area contributed by atoms with Gasteiger partial charge in [-0.15, -0.1) is 0 Å². The molecule has 0 atom stereocenters. The summed E-state index contributed by atoms with van der Waals surface area (Å²) in [5, 5.41) is 28.8. The molecule has 0 fully saturated rings. The van der Waals surface area contributed by atoms with Crippen molar-refractivity contribution in [3.05, 3.63) is 12.3 Å². The highest BCUT2D eigenvalue weighted by Crippen LogP contribution is 2.21. The zero-order chi connectivity index (χ0) is 21.1. The Morgan fingerprint density at radius 1 is 0.857 bits per heavy atom. The molecule has 0 heterocycles. The first-order chi connectivity index (χ1) is 13.5. The molecule has 0 amide bonds. The van der Waals surface area contributed by atoms with Crippen LogP contribution in [0.25, 0.3) is 0 Å². The van der Waals surface area contributed by atoms with Gasteiger partial charge in [0.2, 0.25) is 0 Å². The van der Waals surface area contributed by atoms with Crippen LogP contribution in [0.5, 0.6) is 0 Å². The number of nitrogens with zero attached hydrogens (tertiary/aromatic N) is 3. The first-order valence-electron chi connectivity index (χ1n) is 8.94. The Morgan fingerprint density at radius 3 is 1.68 bits per heavy atom. The van der Waals surface area contributed by atoms with Gasteiger partial charge in [-0.3, -0.25) is 0 Å². The van der Waals surface area contributed by atoms with E-state index < -0.39 is 5.41 Å². The second-order valence-corrected chi connectivity index (χ2v) is 6.28. The lowest BCUT2D eigenvalue weighted by molar-refractivity contribution is -0.105. The van der Waals surface area contributed by atoms with Crippen LogP contribution in [-0.4, -0.2) is 63.9 Å². The minimum absolute atomic E-state index is 0.0684. The maximum Gasteiger partial charge on any atom is 0.141 e. The van der Waals surface area contributed by atoms with E-state index in [1.165, 1.54) is 0 Å². The fourth-order valence-electron chi connectivity index (χ4n) is 2.07. The lowest BCUT2D eigenvalue weighted by Crippen LogP contribution is -2.42. The van der Waals surface area contributed by atoms with Gasteiger partial charge in [-0.1, -0.05) is 11.7 Å². The third-order valence-electron chi connectivity index (χ3n) is 3.55. The van der Waals surface area contributed by atoms with Gasteiger partial charge >= 0.3 is 0 Å². The van der Waals surface area contributed by atoms with Crippen LogP contribution in [0.3, 0.4) is 0 Å². The van der Waals surface area contributed by atoms with Crippen LogP contribution in [0.4, 0.5) is 0 Å². The summed E-state index contributed by atoms with van der Waals surface area (Å²) in [6, 6.07) is 4.04. The number of hydrogen-bond acceptors (Lipinski definition) is 9. The molecule has 5 N–H and O–H groups in total. The molecule has 0 aromatic heterocycles. The Hall–Kier alpha value is -2.37. The molecule has 0 spiro atoms. The molecular weight excluding hydrogens is 366 g/mol. The monoisotopic (exact) mass is 397 g/mol. The Balaban J connectivity index is 4.89. The minimum Gasteiger partial charge on any atom is -0.409 e. The van der Waals surface area contributed by atoms with Crippen molar-refractivity contribution in [3.63, 3.8) is 0 Å². The van der Waals surface area contributed by atoms with Gasteiger partial charge in [0.15, 0.2) is 0 Å². The molecule has 0 unspecified atom stereocenters. The summed E-state index contributed by atoms with van der Waals surface area (Å²) < 4.78 is 22.6. The number of amidine groups is 1. The van der Waals surface area contributed by atoms with Crippen molar-refractivity contribution in [2.45, 2.75) is 25.7 Å². The lowest BCUT2D eigenvalue weighted by atomic mass is 9.92. The molecule has 28 heavy (non-hydrogen) atoms. The van der Waals surface area contributed by atoms with E-state index >= 15 is 0 Å². The minimum atomic E-state index is -0.647. The van der Waals surface area contributed by atoms with E-state index in [1.807, 2.05) is 12.1 Å². The lowest BCUT2D eigenvalue weighted by Gasteiger charge is -2.33. The molecule has 10 heteroatoms. The fourth-order valence-corrected chi connectivity index (χ4v) is 2.07. The van der Waals surface area contributed by atoms with E-state index in [0.717, 1.165) is 0 Å². The maximum atomic E-state index is 8.67. The van der Waals surface area contributed by atoms with E-state index in [2.05, 4.69) is 11.7 Å². The summed E-state index contributed by atoms with van der Waals surface area (Å²) in [6.45, 7) is 5.81. The van der Waals surface area contributed by atoms with Crippen LogP contribution in [0, 0.1) is 28.1 Å². The number of nitrogens with two attached hydrogens (primary N) is 2. The zero-order valence-corrected chi connectivity index (χ0v) is 16.3. The average Bonchev–Trinajstić information content (AvgIpc) is 2.68. The molecule has 158 valence electrons. The average molecular weight is 397 g/mol. The van der Waals surface area contributed by atoms with Gasteiger partial charge in [0.05, 0.1) is 83.3 Å².